The fourth-order valence-electron chi connectivity index (χ4n) is 1.78. The van der Waals surface area contributed by atoms with Crippen molar-refractivity contribution in [1.82, 2.24) is 5.32 Å². The predicted octanol–water partition coefficient (Wildman–Crippen LogP) is 4.49. The summed E-state index contributed by atoms with van der Waals surface area (Å²) in [6, 6.07) is 3.86. The molecule has 1 nitrogen and oxygen atoms in total. The Hall–Kier alpha value is 0.340. The van der Waals surface area contributed by atoms with Crippen LogP contribution in [0.2, 0.25) is 15.1 Å². The third-order valence-corrected chi connectivity index (χ3v) is 3.49. The molecule has 0 bridgehead atoms. The van der Waals surface area contributed by atoms with Crippen molar-refractivity contribution >= 4 is 47.2 Å². The molecule has 84 valence electrons. The lowest BCUT2D eigenvalue weighted by atomic mass is 10.1. The van der Waals surface area contributed by atoms with E-state index in [4.69, 9.17) is 34.8 Å². The smallest absolute Gasteiger partial charge is 0.0641 e. The summed E-state index contributed by atoms with van der Waals surface area (Å²) in [5.41, 5.74) is 1.02. The highest BCUT2D eigenvalue weighted by Crippen LogP contribution is 2.36. The predicted molar refractivity (Wildman–Crippen MR) is 68.7 cm³/mol. The Morgan fingerprint density at radius 3 is 2.53 bits per heavy atom. The monoisotopic (exact) mass is 285 g/mol. The van der Waals surface area contributed by atoms with Gasteiger partial charge in [-0.05, 0) is 37.1 Å². The molecule has 1 aromatic rings. The van der Waals surface area contributed by atoms with Crippen LogP contribution in [0.3, 0.4) is 0 Å². The van der Waals surface area contributed by atoms with Gasteiger partial charge in [-0.25, -0.2) is 0 Å². The maximum Gasteiger partial charge on any atom is 0.0641 e. The average molecular weight is 287 g/mol. The topological polar surface area (TPSA) is 12.0 Å². The minimum atomic E-state index is 0. The molecule has 0 radical (unpaired) electrons. The number of nitrogens with one attached hydrogen (secondary N) is 1. The molecule has 1 aromatic carbocycles. The van der Waals surface area contributed by atoms with Crippen LogP contribution in [0.5, 0.6) is 0 Å². The summed E-state index contributed by atoms with van der Waals surface area (Å²) in [6.45, 7) is 1.03. The molecule has 1 N–H and O–H groups in total. The Kier molecular flexibility index (Phi) is 5.01. The van der Waals surface area contributed by atoms with Crippen LogP contribution in [-0.2, 0) is 0 Å². The maximum atomic E-state index is 6.11. The number of hydrogen-bond acceptors (Lipinski definition) is 1. The molecule has 1 fully saturated rings. The Balaban J connectivity index is 0.00000112. The van der Waals surface area contributed by atoms with Crippen LogP contribution in [0.1, 0.15) is 24.4 Å². The van der Waals surface area contributed by atoms with E-state index in [9.17, 15) is 0 Å². The van der Waals surface area contributed by atoms with Crippen molar-refractivity contribution in [2.24, 2.45) is 0 Å². The Morgan fingerprint density at radius 1 is 1.20 bits per heavy atom. The summed E-state index contributed by atoms with van der Waals surface area (Å²) < 4.78 is 0. The van der Waals surface area contributed by atoms with E-state index in [-0.39, 0.29) is 12.4 Å². The molecule has 1 aliphatic heterocycles. The van der Waals surface area contributed by atoms with Gasteiger partial charge in [-0.3, -0.25) is 0 Å². The molecule has 0 unspecified atom stereocenters. The number of benzene rings is 1. The zero-order valence-corrected chi connectivity index (χ0v) is 11.0. The highest BCUT2D eigenvalue weighted by atomic mass is 35.5. The molecule has 5 heteroatoms. The number of halogens is 4. The first-order valence-electron chi connectivity index (χ1n) is 4.56. The van der Waals surface area contributed by atoms with Gasteiger partial charge in [0.15, 0.2) is 0 Å². The molecule has 0 amide bonds. The van der Waals surface area contributed by atoms with Gasteiger partial charge in [0.1, 0.15) is 0 Å². The second kappa shape index (κ2) is 5.60. The molecule has 1 aliphatic rings. The SMILES string of the molecule is Cl.Clc1cc(Cl)c(Cl)c([C@@H]2CCCN2)c1. The van der Waals surface area contributed by atoms with Crippen molar-refractivity contribution in [3.05, 3.63) is 32.8 Å². The lowest BCUT2D eigenvalue weighted by Crippen LogP contribution is -2.13. The van der Waals surface area contributed by atoms with E-state index in [1.807, 2.05) is 6.07 Å². The quantitative estimate of drug-likeness (QED) is 0.750. The molecule has 2 rings (SSSR count). The van der Waals surface area contributed by atoms with E-state index in [0.29, 0.717) is 21.1 Å². The van der Waals surface area contributed by atoms with Crippen molar-refractivity contribution < 1.29 is 0 Å². The highest BCUT2D eigenvalue weighted by Gasteiger charge is 2.20. The van der Waals surface area contributed by atoms with Gasteiger partial charge >= 0.3 is 0 Å². The molecule has 1 heterocycles. The van der Waals surface area contributed by atoms with Crippen molar-refractivity contribution in [2.45, 2.75) is 18.9 Å². The van der Waals surface area contributed by atoms with E-state index in [1.165, 1.54) is 6.42 Å². The van der Waals surface area contributed by atoms with Crippen LogP contribution < -0.4 is 5.32 Å². The van der Waals surface area contributed by atoms with Gasteiger partial charge in [-0.2, -0.15) is 0 Å². The van der Waals surface area contributed by atoms with E-state index in [0.717, 1.165) is 18.5 Å². The van der Waals surface area contributed by atoms with Crippen molar-refractivity contribution in [3.63, 3.8) is 0 Å². The van der Waals surface area contributed by atoms with Gasteiger partial charge in [0.25, 0.3) is 0 Å². The van der Waals surface area contributed by atoms with E-state index in [1.54, 1.807) is 6.07 Å². The molecule has 1 atom stereocenters. The van der Waals surface area contributed by atoms with E-state index < -0.39 is 0 Å². The second-order valence-corrected chi connectivity index (χ2v) is 4.66. The average Bonchev–Trinajstić information content (AvgIpc) is 2.63. The maximum absolute atomic E-state index is 6.11. The molecule has 0 spiro atoms. The first-order valence-corrected chi connectivity index (χ1v) is 5.69. The molecular weight excluding hydrogens is 276 g/mol. The van der Waals surface area contributed by atoms with Crippen LogP contribution >= 0.6 is 47.2 Å². The summed E-state index contributed by atoms with van der Waals surface area (Å²) in [5.74, 6) is 0. The summed E-state index contributed by atoms with van der Waals surface area (Å²) in [6.07, 6.45) is 2.27. The summed E-state index contributed by atoms with van der Waals surface area (Å²) in [7, 11) is 0. The Morgan fingerprint density at radius 2 is 1.93 bits per heavy atom. The molecular formula is C10H11Cl4N. The Bertz CT molecular complexity index is 348. The van der Waals surface area contributed by atoms with Crippen LogP contribution in [0, 0.1) is 0 Å². The van der Waals surface area contributed by atoms with Gasteiger partial charge in [0.05, 0.1) is 10.0 Å². The van der Waals surface area contributed by atoms with Crippen LogP contribution in [0.15, 0.2) is 12.1 Å². The first kappa shape index (κ1) is 13.4. The third kappa shape index (κ3) is 2.92. The van der Waals surface area contributed by atoms with Crippen molar-refractivity contribution in [2.75, 3.05) is 6.54 Å². The van der Waals surface area contributed by atoms with Gasteiger partial charge in [0, 0.05) is 11.1 Å². The number of hydrogen-bond donors (Lipinski definition) is 1. The van der Waals surface area contributed by atoms with Gasteiger partial charge in [-0.15, -0.1) is 12.4 Å². The van der Waals surface area contributed by atoms with Crippen LogP contribution in [-0.4, -0.2) is 6.54 Å². The molecule has 0 aromatic heterocycles. The highest BCUT2D eigenvalue weighted by molar-refractivity contribution is 6.43. The molecule has 15 heavy (non-hydrogen) atoms. The third-order valence-electron chi connectivity index (χ3n) is 2.46. The Labute approximate surface area is 110 Å². The van der Waals surface area contributed by atoms with E-state index >= 15 is 0 Å². The van der Waals surface area contributed by atoms with Gasteiger partial charge < -0.3 is 5.32 Å². The summed E-state index contributed by atoms with van der Waals surface area (Å²) in [4.78, 5) is 0. The largest absolute Gasteiger partial charge is 0.310 e. The molecule has 0 saturated carbocycles. The summed E-state index contributed by atoms with van der Waals surface area (Å²) >= 11 is 18.0. The van der Waals surface area contributed by atoms with Crippen LogP contribution in [0.4, 0.5) is 0 Å². The molecule has 1 saturated heterocycles. The van der Waals surface area contributed by atoms with Gasteiger partial charge in [0.2, 0.25) is 0 Å². The van der Waals surface area contributed by atoms with Crippen LogP contribution in [0.25, 0.3) is 0 Å². The zero-order valence-electron chi connectivity index (χ0n) is 7.90. The second-order valence-electron chi connectivity index (χ2n) is 3.44. The number of rotatable bonds is 1. The lowest BCUT2D eigenvalue weighted by Gasteiger charge is -2.13. The summed E-state index contributed by atoms with van der Waals surface area (Å²) in [5, 5.41) is 5.16. The fraction of sp³-hybridized carbons (Fsp3) is 0.400. The minimum absolute atomic E-state index is 0. The van der Waals surface area contributed by atoms with Crippen molar-refractivity contribution in [3.8, 4) is 0 Å². The normalized spacial score (nSPS) is 20.1. The lowest BCUT2D eigenvalue weighted by molar-refractivity contribution is 0.648. The van der Waals surface area contributed by atoms with Gasteiger partial charge in [-0.1, -0.05) is 34.8 Å². The van der Waals surface area contributed by atoms with Crippen molar-refractivity contribution in [1.29, 1.82) is 0 Å². The van der Waals surface area contributed by atoms with E-state index in [2.05, 4.69) is 5.32 Å². The zero-order chi connectivity index (χ0) is 10.1. The standard InChI is InChI=1S/C10H10Cl3N.ClH/c11-6-4-7(9-2-1-3-14-9)10(13)8(12)5-6;/h4-5,9,14H,1-3H2;1H/t9-;/m0./s1. The molecule has 0 aliphatic carbocycles. The fourth-order valence-corrected chi connectivity index (χ4v) is 2.53. The first-order chi connectivity index (χ1) is 6.68. The minimum Gasteiger partial charge on any atom is -0.310 e.